The molecule has 0 bridgehead atoms. The van der Waals surface area contributed by atoms with Gasteiger partial charge in [0.1, 0.15) is 17.6 Å². The number of amides is 1. The molecule has 0 saturated carbocycles. The zero-order valence-electron chi connectivity index (χ0n) is 13.9. The fourth-order valence-corrected chi connectivity index (χ4v) is 4.25. The van der Waals surface area contributed by atoms with Crippen LogP contribution in [0.15, 0.2) is 0 Å². The molecule has 4 rings (SSSR count). The minimum atomic E-state index is -0.312. The molecule has 0 fully saturated rings. The Hall–Kier alpha value is -2.22. The number of fused-ring (bicyclic) bond motifs is 2. The van der Waals surface area contributed by atoms with Crippen LogP contribution >= 0.6 is 11.3 Å². The highest BCUT2D eigenvalue weighted by molar-refractivity contribution is 7.15. The quantitative estimate of drug-likeness (QED) is 0.776. The highest BCUT2D eigenvalue weighted by Crippen LogP contribution is 2.37. The SMILES string of the molecule is Cc1nc(Nc2nc3c(s2)CC(C)CC3)c2c(n1)NC(C)C(=O)N2. The van der Waals surface area contributed by atoms with E-state index in [-0.39, 0.29) is 11.9 Å². The van der Waals surface area contributed by atoms with E-state index >= 15 is 0 Å². The number of hydrogen-bond donors (Lipinski definition) is 3. The Morgan fingerprint density at radius 1 is 1.25 bits per heavy atom. The Balaban J connectivity index is 1.67. The van der Waals surface area contributed by atoms with Crippen molar-refractivity contribution in [2.75, 3.05) is 16.0 Å². The zero-order valence-corrected chi connectivity index (χ0v) is 14.8. The van der Waals surface area contributed by atoms with Crippen molar-refractivity contribution in [3.05, 3.63) is 16.4 Å². The molecule has 0 saturated heterocycles. The van der Waals surface area contributed by atoms with E-state index in [0.717, 1.165) is 18.0 Å². The fourth-order valence-electron chi connectivity index (χ4n) is 3.08. The number of carbonyl (C=O) groups is 1. The average Bonchev–Trinajstić information content (AvgIpc) is 2.90. The van der Waals surface area contributed by atoms with Gasteiger partial charge < -0.3 is 16.0 Å². The molecule has 0 aromatic carbocycles. The van der Waals surface area contributed by atoms with Crippen LogP contribution < -0.4 is 16.0 Å². The lowest BCUT2D eigenvalue weighted by molar-refractivity contribution is -0.116. The van der Waals surface area contributed by atoms with Crippen LogP contribution in [-0.2, 0) is 17.6 Å². The van der Waals surface area contributed by atoms with Crippen molar-refractivity contribution >= 4 is 39.7 Å². The number of nitrogens with one attached hydrogen (secondary N) is 3. The van der Waals surface area contributed by atoms with Gasteiger partial charge in [0.25, 0.3) is 0 Å². The van der Waals surface area contributed by atoms with Gasteiger partial charge in [-0.15, -0.1) is 11.3 Å². The van der Waals surface area contributed by atoms with Gasteiger partial charge in [-0.2, -0.15) is 0 Å². The summed E-state index contributed by atoms with van der Waals surface area (Å²) < 4.78 is 0. The van der Waals surface area contributed by atoms with Crippen molar-refractivity contribution in [2.45, 2.75) is 46.1 Å². The smallest absolute Gasteiger partial charge is 0.246 e. The van der Waals surface area contributed by atoms with E-state index in [1.807, 2.05) is 6.92 Å². The monoisotopic (exact) mass is 344 g/mol. The Kier molecular flexibility index (Phi) is 3.64. The Morgan fingerprint density at radius 3 is 2.92 bits per heavy atom. The van der Waals surface area contributed by atoms with Crippen LogP contribution in [0.3, 0.4) is 0 Å². The minimum absolute atomic E-state index is 0.0924. The lowest BCUT2D eigenvalue weighted by atomic mass is 9.93. The molecule has 0 radical (unpaired) electrons. The van der Waals surface area contributed by atoms with Gasteiger partial charge in [0.15, 0.2) is 16.8 Å². The zero-order chi connectivity index (χ0) is 16.8. The number of nitrogens with zero attached hydrogens (tertiary/aromatic N) is 3. The Labute approximate surface area is 144 Å². The van der Waals surface area contributed by atoms with Gasteiger partial charge in [-0.3, -0.25) is 4.79 Å². The second-order valence-corrected chi connectivity index (χ2v) is 7.64. The fraction of sp³-hybridized carbons (Fsp3) is 0.500. The normalized spacial score (nSPS) is 22.2. The second kappa shape index (κ2) is 5.70. The largest absolute Gasteiger partial charge is 0.357 e. The van der Waals surface area contributed by atoms with Crippen molar-refractivity contribution in [2.24, 2.45) is 5.92 Å². The van der Waals surface area contributed by atoms with E-state index in [1.54, 1.807) is 18.3 Å². The lowest BCUT2D eigenvalue weighted by Crippen LogP contribution is -2.37. The van der Waals surface area contributed by atoms with Crippen LogP contribution in [0.5, 0.6) is 0 Å². The topological polar surface area (TPSA) is 91.8 Å². The summed E-state index contributed by atoms with van der Waals surface area (Å²) in [5.41, 5.74) is 1.78. The summed E-state index contributed by atoms with van der Waals surface area (Å²) >= 11 is 1.68. The summed E-state index contributed by atoms with van der Waals surface area (Å²) in [4.78, 5) is 26.9. The second-order valence-electron chi connectivity index (χ2n) is 6.56. The van der Waals surface area contributed by atoms with Gasteiger partial charge in [-0.25, -0.2) is 15.0 Å². The first-order valence-electron chi connectivity index (χ1n) is 8.21. The van der Waals surface area contributed by atoms with Crippen molar-refractivity contribution in [1.82, 2.24) is 15.0 Å². The molecule has 1 amide bonds. The van der Waals surface area contributed by atoms with Gasteiger partial charge in [0.2, 0.25) is 5.91 Å². The first-order valence-corrected chi connectivity index (χ1v) is 9.03. The van der Waals surface area contributed by atoms with E-state index < -0.39 is 0 Å². The van der Waals surface area contributed by atoms with E-state index in [0.29, 0.717) is 29.1 Å². The molecule has 1 aliphatic heterocycles. The van der Waals surface area contributed by atoms with Crippen LogP contribution in [-0.4, -0.2) is 26.9 Å². The third-order valence-electron chi connectivity index (χ3n) is 4.43. The lowest BCUT2D eigenvalue weighted by Gasteiger charge is -2.24. The summed E-state index contributed by atoms with van der Waals surface area (Å²) in [6, 6.07) is -0.312. The van der Waals surface area contributed by atoms with Crippen LogP contribution in [0, 0.1) is 12.8 Å². The number of anilines is 4. The van der Waals surface area contributed by atoms with Gasteiger partial charge in [-0.1, -0.05) is 6.92 Å². The molecule has 3 heterocycles. The summed E-state index contributed by atoms with van der Waals surface area (Å²) in [5.74, 6) is 2.49. The Morgan fingerprint density at radius 2 is 2.08 bits per heavy atom. The predicted octanol–water partition coefficient (Wildman–Crippen LogP) is 2.86. The molecule has 2 atom stereocenters. The maximum atomic E-state index is 12.0. The first kappa shape index (κ1) is 15.3. The molecule has 1 aliphatic carbocycles. The van der Waals surface area contributed by atoms with Gasteiger partial charge in [0.05, 0.1) is 5.69 Å². The van der Waals surface area contributed by atoms with E-state index in [2.05, 4.69) is 32.8 Å². The van der Waals surface area contributed by atoms with Crippen LogP contribution in [0.4, 0.5) is 22.5 Å². The summed E-state index contributed by atoms with van der Waals surface area (Å²) in [6.07, 6.45) is 3.31. The number of thiazole rings is 1. The molecule has 2 aromatic heterocycles. The van der Waals surface area contributed by atoms with Crippen LogP contribution in [0.2, 0.25) is 0 Å². The number of carbonyl (C=O) groups excluding carboxylic acids is 1. The van der Waals surface area contributed by atoms with Crippen LogP contribution in [0.25, 0.3) is 0 Å². The van der Waals surface area contributed by atoms with E-state index in [4.69, 9.17) is 4.98 Å². The molecular formula is C16H20N6OS. The molecule has 7 nitrogen and oxygen atoms in total. The molecule has 3 N–H and O–H groups in total. The molecule has 24 heavy (non-hydrogen) atoms. The number of aromatic nitrogens is 3. The maximum Gasteiger partial charge on any atom is 0.246 e. The highest BCUT2D eigenvalue weighted by atomic mass is 32.1. The van der Waals surface area contributed by atoms with Crippen molar-refractivity contribution < 1.29 is 4.79 Å². The third-order valence-corrected chi connectivity index (χ3v) is 5.46. The maximum absolute atomic E-state index is 12.0. The van der Waals surface area contributed by atoms with Crippen molar-refractivity contribution in [3.63, 3.8) is 0 Å². The van der Waals surface area contributed by atoms with Gasteiger partial charge in [-0.05, 0) is 39.0 Å². The van der Waals surface area contributed by atoms with Crippen molar-refractivity contribution in [3.8, 4) is 0 Å². The molecule has 126 valence electrons. The molecule has 0 spiro atoms. The standard InChI is InChI=1S/C16H20N6OS/c1-7-4-5-10-11(6-7)24-16(20-10)22-14-12-13(18-9(3)19-14)17-8(2)15(23)21-12/h7-8H,4-6H2,1-3H3,(H,21,23)(H2,17,18,19,20,22). The van der Waals surface area contributed by atoms with Crippen LogP contribution in [0.1, 0.15) is 36.7 Å². The predicted molar refractivity (Wildman–Crippen MR) is 95.1 cm³/mol. The summed E-state index contributed by atoms with van der Waals surface area (Å²) in [6.45, 7) is 5.92. The molecule has 2 aromatic rings. The Bertz CT molecular complexity index is 817. The van der Waals surface area contributed by atoms with Gasteiger partial charge in [0, 0.05) is 4.88 Å². The molecular weight excluding hydrogens is 324 g/mol. The van der Waals surface area contributed by atoms with Crippen molar-refractivity contribution in [1.29, 1.82) is 0 Å². The molecule has 8 heteroatoms. The highest BCUT2D eigenvalue weighted by Gasteiger charge is 2.27. The van der Waals surface area contributed by atoms with Gasteiger partial charge >= 0.3 is 0 Å². The number of hydrogen-bond acceptors (Lipinski definition) is 7. The van der Waals surface area contributed by atoms with E-state index in [9.17, 15) is 4.79 Å². The molecule has 2 unspecified atom stereocenters. The number of aryl methyl sites for hydroxylation is 2. The van der Waals surface area contributed by atoms with E-state index in [1.165, 1.54) is 17.0 Å². The average molecular weight is 344 g/mol. The summed E-state index contributed by atoms with van der Waals surface area (Å²) in [5, 5.41) is 10.1. The minimum Gasteiger partial charge on any atom is -0.357 e. The first-order chi connectivity index (χ1) is 11.5. The number of rotatable bonds is 2. The molecule has 2 aliphatic rings. The summed E-state index contributed by atoms with van der Waals surface area (Å²) in [7, 11) is 0. The third kappa shape index (κ3) is 2.71.